The monoisotopic (exact) mass is 480 g/mol. The number of anilines is 1. The molecule has 2 N–H and O–H groups in total. The van der Waals surface area contributed by atoms with Crippen molar-refractivity contribution in [2.24, 2.45) is 7.05 Å². The number of carbonyl (C=O) groups is 1. The van der Waals surface area contributed by atoms with Gasteiger partial charge in [0, 0.05) is 31.0 Å². The second-order valence-electron chi connectivity index (χ2n) is 8.07. The zero-order valence-electron chi connectivity index (χ0n) is 19.6. The van der Waals surface area contributed by atoms with Crippen LogP contribution in [0.5, 0.6) is 0 Å². The Morgan fingerprint density at radius 1 is 0.944 bits per heavy atom. The molecule has 0 aliphatic rings. The topological polar surface area (TPSA) is 128 Å². The van der Waals surface area contributed by atoms with Crippen LogP contribution in [0, 0.1) is 0 Å². The Morgan fingerprint density at radius 2 is 1.83 bits per heavy atom. The van der Waals surface area contributed by atoms with E-state index in [4.69, 9.17) is 0 Å². The number of nitrogens with one attached hydrogen (secondary N) is 2. The highest BCUT2D eigenvalue weighted by atomic mass is 16.1. The number of carbonyl (C=O) groups excluding carboxylic acids is 1. The molecule has 0 saturated carbocycles. The van der Waals surface area contributed by atoms with E-state index in [1.165, 1.54) is 12.7 Å². The van der Waals surface area contributed by atoms with E-state index in [2.05, 4.69) is 40.9 Å². The normalized spacial score (nSPS) is 10.8. The Morgan fingerprint density at radius 3 is 2.64 bits per heavy atom. The van der Waals surface area contributed by atoms with Gasteiger partial charge in [-0.1, -0.05) is 30.3 Å². The Labute approximate surface area is 207 Å². The van der Waals surface area contributed by atoms with Crippen molar-refractivity contribution in [1.82, 2.24) is 44.8 Å². The summed E-state index contributed by atoms with van der Waals surface area (Å²) in [6.45, 7) is 1.44. The number of rotatable bonds is 9. The van der Waals surface area contributed by atoms with Crippen LogP contribution in [0.25, 0.3) is 11.5 Å². The van der Waals surface area contributed by atoms with Gasteiger partial charge in [-0.3, -0.25) is 4.79 Å². The van der Waals surface area contributed by atoms with E-state index < -0.39 is 0 Å². The van der Waals surface area contributed by atoms with Gasteiger partial charge >= 0.3 is 0 Å². The lowest BCUT2D eigenvalue weighted by Gasteiger charge is -2.12. The highest BCUT2D eigenvalue weighted by molar-refractivity contribution is 5.95. The lowest BCUT2D eigenvalue weighted by Crippen LogP contribution is -2.23. The summed E-state index contributed by atoms with van der Waals surface area (Å²) in [4.78, 5) is 25.0. The summed E-state index contributed by atoms with van der Waals surface area (Å²) >= 11 is 0. The molecule has 1 amide bonds. The molecular formula is C25H24N10O. The van der Waals surface area contributed by atoms with Gasteiger partial charge in [-0.2, -0.15) is 5.10 Å². The fraction of sp³-hybridized carbons (Fsp3) is 0.160. The van der Waals surface area contributed by atoms with Crippen molar-refractivity contribution < 1.29 is 4.79 Å². The fourth-order valence-electron chi connectivity index (χ4n) is 3.76. The first-order valence-corrected chi connectivity index (χ1v) is 11.3. The van der Waals surface area contributed by atoms with Crippen LogP contribution in [0.15, 0.2) is 79.8 Å². The lowest BCUT2D eigenvalue weighted by atomic mass is 10.1. The van der Waals surface area contributed by atoms with E-state index in [0.717, 1.165) is 22.6 Å². The molecule has 0 aliphatic carbocycles. The van der Waals surface area contributed by atoms with Crippen molar-refractivity contribution in [3.05, 3.63) is 102 Å². The van der Waals surface area contributed by atoms with Crippen LogP contribution in [0.2, 0.25) is 0 Å². The van der Waals surface area contributed by atoms with Crippen LogP contribution >= 0.6 is 0 Å². The van der Waals surface area contributed by atoms with Crippen LogP contribution in [-0.4, -0.2) is 45.4 Å². The summed E-state index contributed by atoms with van der Waals surface area (Å²) in [5.41, 5.74) is 4.17. The van der Waals surface area contributed by atoms with Gasteiger partial charge in [-0.05, 0) is 35.4 Å². The van der Waals surface area contributed by atoms with Crippen LogP contribution in [0.1, 0.15) is 27.3 Å². The van der Waals surface area contributed by atoms with Crippen molar-refractivity contribution in [2.75, 3.05) is 5.32 Å². The van der Waals surface area contributed by atoms with E-state index >= 15 is 0 Å². The molecule has 0 bridgehead atoms. The molecule has 180 valence electrons. The quantitative estimate of drug-likeness (QED) is 0.329. The fourth-order valence-corrected chi connectivity index (χ4v) is 3.76. The molecule has 11 nitrogen and oxygen atoms in total. The number of aromatic nitrogens is 8. The molecule has 3 heterocycles. The van der Waals surface area contributed by atoms with Gasteiger partial charge in [-0.15, -0.1) is 10.2 Å². The SMILES string of the molecule is Cn1c(CNc2cccc(C(=O)NCc3ccccc3Cn3cncn3)c2)nnc1-c1ccncn1. The lowest BCUT2D eigenvalue weighted by molar-refractivity contribution is 0.0951. The van der Waals surface area contributed by atoms with E-state index in [1.54, 1.807) is 29.3 Å². The molecule has 0 spiro atoms. The molecule has 0 saturated heterocycles. The zero-order chi connectivity index (χ0) is 24.7. The molecule has 0 aliphatic heterocycles. The molecule has 0 fully saturated rings. The van der Waals surface area contributed by atoms with Gasteiger partial charge in [-0.25, -0.2) is 19.6 Å². The third kappa shape index (κ3) is 5.25. The first kappa shape index (κ1) is 22.8. The highest BCUT2D eigenvalue weighted by Gasteiger charge is 2.12. The highest BCUT2D eigenvalue weighted by Crippen LogP contribution is 2.16. The molecule has 36 heavy (non-hydrogen) atoms. The van der Waals surface area contributed by atoms with Crippen molar-refractivity contribution in [2.45, 2.75) is 19.6 Å². The second kappa shape index (κ2) is 10.6. The number of benzene rings is 2. The number of amides is 1. The third-order valence-electron chi connectivity index (χ3n) is 5.71. The Balaban J connectivity index is 1.21. The number of hydrogen-bond acceptors (Lipinski definition) is 8. The van der Waals surface area contributed by atoms with Gasteiger partial charge in [0.25, 0.3) is 5.91 Å². The maximum absolute atomic E-state index is 12.9. The van der Waals surface area contributed by atoms with Crippen molar-refractivity contribution in [3.8, 4) is 11.5 Å². The van der Waals surface area contributed by atoms with Crippen molar-refractivity contribution in [3.63, 3.8) is 0 Å². The molecule has 0 atom stereocenters. The Bertz CT molecular complexity index is 1450. The summed E-state index contributed by atoms with van der Waals surface area (Å²) in [7, 11) is 1.89. The predicted octanol–water partition coefficient (Wildman–Crippen LogP) is 2.45. The van der Waals surface area contributed by atoms with Crippen LogP contribution < -0.4 is 10.6 Å². The summed E-state index contributed by atoms with van der Waals surface area (Å²) in [6.07, 6.45) is 6.33. The van der Waals surface area contributed by atoms with E-state index in [0.29, 0.717) is 36.7 Å². The summed E-state index contributed by atoms with van der Waals surface area (Å²) in [5, 5.41) is 19.0. The van der Waals surface area contributed by atoms with Gasteiger partial charge in [0.2, 0.25) is 0 Å². The smallest absolute Gasteiger partial charge is 0.251 e. The molecule has 5 aromatic rings. The van der Waals surface area contributed by atoms with Crippen LogP contribution in [0.4, 0.5) is 5.69 Å². The van der Waals surface area contributed by atoms with E-state index in [9.17, 15) is 4.79 Å². The first-order valence-electron chi connectivity index (χ1n) is 11.3. The van der Waals surface area contributed by atoms with Gasteiger partial charge < -0.3 is 15.2 Å². The third-order valence-corrected chi connectivity index (χ3v) is 5.71. The largest absolute Gasteiger partial charge is 0.378 e. The maximum atomic E-state index is 12.9. The molecular weight excluding hydrogens is 456 g/mol. The molecule has 0 unspecified atom stereocenters. The maximum Gasteiger partial charge on any atom is 0.251 e. The van der Waals surface area contributed by atoms with Crippen LogP contribution in [0.3, 0.4) is 0 Å². The standard InChI is InChI=1S/C25H24N10O/c1-34-23(32-33-24(34)22-9-10-26-15-30-22)13-28-21-8-4-7-18(11-21)25(36)29-12-19-5-2-3-6-20(19)14-35-17-27-16-31-35/h2-11,15-17,28H,12-14H2,1H3,(H,29,36). The van der Waals surface area contributed by atoms with Crippen molar-refractivity contribution >= 4 is 11.6 Å². The number of hydrogen-bond donors (Lipinski definition) is 2. The average molecular weight is 481 g/mol. The molecule has 3 aromatic heterocycles. The Kier molecular flexibility index (Phi) is 6.70. The van der Waals surface area contributed by atoms with Gasteiger partial charge in [0.15, 0.2) is 11.6 Å². The van der Waals surface area contributed by atoms with Crippen LogP contribution in [-0.2, 0) is 26.7 Å². The van der Waals surface area contributed by atoms with E-state index in [1.807, 2.05) is 54.1 Å². The first-order chi connectivity index (χ1) is 17.7. The molecule has 11 heteroatoms. The molecule has 2 aromatic carbocycles. The predicted molar refractivity (Wildman–Crippen MR) is 133 cm³/mol. The second-order valence-corrected chi connectivity index (χ2v) is 8.07. The Hall–Kier alpha value is -4.93. The average Bonchev–Trinajstić information content (AvgIpc) is 3.57. The van der Waals surface area contributed by atoms with Gasteiger partial charge in [0.05, 0.1) is 13.1 Å². The minimum atomic E-state index is -0.154. The summed E-state index contributed by atoms with van der Waals surface area (Å²) in [5.74, 6) is 1.24. The van der Waals surface area contributed by atoms with E-state index in [-0.39, 0.29) is 5.91 Å². The molecule has 5 rings (SSSR count). The number of nitrogens with zero attached hydrogens (tertiary/aromatic N) is 8. The minimum absolute atomic E-state index is 0.154. The summed E-state index contributed by atoms with van der Waals surface area (Å²) in [6, 6.07) is 17.1. The minimum Gasteiger partial charge on any atom is -0.378 e. The van der Waals surface area contributed by atoms with Gasteiger partial charge in [0.1, 0.15) is 24.7 Å². The molecule has 0 radical (unpaired) electrons. The zero-order valence-corrected chi connectivity index (χ0v) is 19.6. The van der Waals surface area contributed by atoms with Crippen molar-refractivity contribution in [1.29, 1.82) is 0 Å². The summed E-state index contributed by atoms with van der Waals surface area (Å²) < 4.78 is 3.63.